The molecule has 0 aliphatic carbocycles. The molecule has 0 amide bonds. The molecule has 1 aromatic carbocycles. The van der Waals surface area contributed by atoms with Gasteiger partial charge in [-0.2, -0.15) is 4.72 Å². The predicted molar refractivity (Wildman–Crippen MR) is 64.2 cm³/mol. The normalized spacial score (nSPS) is 10.8. The number of rotatable bonds is 3. The summed E-state index contributed by atoms with van der Waals surface area (Å²) < 4.78 is 39.4. The molecule has 92 valence electrons. The molecular formula is C11H13FN2O2S. The van der Waals surface area contributed by atoms with E-state index in [-0.39, 0.29) is 17.8 Å². The highest BCUT2D eigenvalue weighted by atomic mass is 32.2. The van der Waals surface area contributed by atoms with Crippen LogP contribution in [0.2, 0.25) is 0 Å². The Bertz CT molecular complexity index is 585. The van der Waals surface area contributed by atoms with Crippen molar-refractivity contribution < 1.29 is 12.8 Å². The number of hydrogen-bond acceptors (Lipinski definition) is 3. The van der Waals surface area contributed by atoms with Gasteiger partial charge in [-0.25, -0.2) is 12.8 Å². The maximum Gasteiger partial charge on any atom is 0.244 e. The third kappa shape index (κ3) is 3.19. The van der Waals surface area contributed by atoms with Gasteiger partial charge in [0.2, 0.25) is 10.0 Å². The second-order valence-corrected chi connectivity index (χ2v) is 5.14. The molecule has 0 saturated heterocycles. The molecule has 0 aliphatic heterocycles. The van der Waals surface area contributed by atoms with Gasteiger partial charge < -0.3 is 5.73 Å². The van der Waals surface area contributed by atoms with Gasteiger partial charge in [-0.3, -0.25) is 0 Å². The Labute approximate surface area is 100 Å². The Morgan fingerprint density at radius 3 is 2.71 bits per heavy atom. The third-order valence-corrected chi connectivity index (χ3v) is 3.46. The lowest BCUT2D eigenvalue weighted by atomic mass is 10.2. The minimum Gasteiger partial charge on any atom is -0.399 e. The lowest BCUT2D eigenvalue weighted by Gasteiger charge is -2.08. The van der Waals surface area contributed by atoms with Gasteiger partial charge >= 0.3 is 0 Å². The van der Waals surface area contributed by atoms with Crippen LogP contribution < -0.4 is 10.5 Å². The lowest BCUT2D eigenvalue weighted by molar-refractivity contribution is 0.556. The molecule has 0 aliphatic rings. The zero-order chi connectivity index (χ0) is 13.1. The van der Waals surface area contributed by atoms with Crippen LogP contribution in [0.15, 0.2) is 17.0 Å². The number of nitrogens with two attached hydrogens (primary N) is 1. The van der Waals surface area contributed by atoms with Crippen LogP contribution in [-0.2, 0) is 10.0 Å². The average Bonchev–Trinajstić information content (AvgIpc) is 2.23. The molecule has 0 bridgehead atoms. The van der Waals surface area contributed by atoms with E-state index < -0.39 is 20.7 Å². The quantitative estimate of drug-likeness (QED) is 0.626. The van der Waals surface area contributed by atoms with Gasteiger partial charge in [0.1, 0.15) is 10.7 Å². The SMILES string of the molecule is CC#CCNS(=O)(=O)c1cc(N)cc(C)c1F. The summed E-state index contributed by atoms with van der Waals surface area (Å²) in [6, 6.07) is 2.46. The summed E-state index contributed by atoms with van der Waals surface area (Å²) in [6.45, 7) is 2.97. The van der Waals surface area contributed by atoms with E-state index in [0.29, 0.717) is 0 Å². The Morgan fingerprint density at radius 1 is 1.47 bits per heavy atom. The van der Waals surface area contributed by atoms with Gasteiger partial charge in [0, 0.05) is 5.69 Å². The van der Waals surface area contributed by atoms with E-state index >= 15 is 0 Å². The van der Waals surface area contributed by atoms with Crippen molar-refractivity contribution in [3.8, 4) is 11.8 Å². The van der Waals surface area contributed by atoms with Crippen molar-refractivity contribution in [2.75, 3.05) is 12.3 Å². The fraction of sp³-hybridized carbons (Fsp3) is 0.273. The van der Waals surface area contributed by atoms with Crippen LogP contribution in [0, 0.1) is 24.6 Å². The Balaban J connectivity index is 3.18. The highest BCUT2D eigenvalue weighted by Crippen LogP contribution is 2.21. The van der Waals surface area contributed by atoms with E-state index in [4.69, 9.17) is 5.73 Å². The number of hydrogen-bond donors (Lipinski definition) is 2. The molecule has 1 aromatic rings. The highest BCUT2D eigenvalue weighted by molar-refractivity contribution is 7.89. The smallest absolute Gasteiger partial charge is 0.244 e. The second-order valence-electron chi connectivity index (χ2n) is 3.40. The van der Waals surface area contributed by atoms with Crippen molar-refractivity contribution in [2.24, 2.45) is 0 Å². The molecule has 6 heteroatoms. The lowest BCUT2D eigenvalue weighted by Crippen LogP contribution is -2.25. The summed E-state index contributed by atoms with van der Waals surface area (Å²) in [7, 11) is -3.92. The Hall–Kier alpha value is -1.58. The Kier molecular flexibility index (Phi) is 4.10. The van der Waals surface area contributed by atoms with E-state index in [1.807, 2.05) is 0 Å². The Morgan fingerprint density at radius 2 is 2.12 bits per heavy atom. The van der Waals surface area contributed by atoms with Crippen molar-refractivity contribution in [3.05, 3.63) is 23.5 Å². The van der Waals surface area contributed by atoms with E-state index in [0.717, 1.165) is 6.07 Å². The number of sulfonamides is 1. The molecule has 0 atom stereocenters. The minimum absolute atomic E-state index is 0.0634. The first kappa shape index (κ1) is 13.5. The van der Waals surface area contributed by atoms with E-state index in [9.17, 15) is 12.8 Å². The first-order valence-electron chi connectivity index (χ1n) is 4.83. The van der Waals surface area contributed by atoms with Crippen LogP contribution in [0.4, 0.5) is 10.1 Å². The van der Waals surface area contributed by atoms with Gasteiger partial charge in [0.15, 0.2) is 0 Å². The number of anilines is 1. The van der Waals surface area contributed by atoms with E-state index in [1.54, 1.807) is 6.92 Å². The molecule has 4 nitrogen and oxygen atoms in total. The fourth-order valence-corrected chi connectivity index (χ4v) is 2.36. The van der Waals surface area contributed by atoms with Crippen LogP contribution in [0.25, 0.3) is 0 Å². The van der Waals surface area contributed by atoms with Gasteiger partial charge in [0.25, 0.3) is 0 Å². The van der Waals surface area contributed by atoms with Crippen molar-refractivity contribution in [3.63, 3.8) is 0 Å². The molecule has 0 unspecified atom stereocenters. The first-order valence-corrected chi connectivity index (χ1v) is 6.31. The van der Waals surface area contributed by atoms with Crippen LogP contribution >= 0.6 is 0 Å². The highest BCUT2D eigenvalue weighted by Gasteiger charge is 2.20. The third-order valence-electron chi connectivity index (χ3n) is 2.06. The molecular weight excluding hydrogens is 243 g/mol. The predicted octanol–water partition coefficient (Wildman–Crippen LogP) is 1.02. The van der Waals surface area contributed by atoms with Crippen molar-refractivity contribution >= 4 is 15.7 Å². The first-order chi connectivity index (χ1) is 7.88. The van der Waals surface area contributed by atoms with Crippen LogP contribution in [0.5, 0.6) is 0 Å². The zero-order valence-electron chi connectivity index (χ0n) is 9.54. The van der Waals surface area contributed by atoms with Gasteiger partial charge in [-0.1, -0.05) is 5.92 Å². The molecule has 0 aromatic heterocycles. The topological polar surface area (TPSA) is 72.2 Å². The molecule has 0 heterocycles. The molecule has 0 saturated carbocycles. The zero-order valence-corrected chi connectivity index (χ0v) is 10.4. The standard InChI is InChI=1S/C11H13FN2O2S/c1-3-4-5-14-17(15,16)10-7-9(13)6-8(2)11(10)12/h6-7,14H,5,13H2,1-2H3. The van der Waals surface area contributed by atoms with Crippen LogP contribution in [-0.4, -0.2) is 15.0 Å². The number of nitrogens with one attached hydrogen (secondary N) is 1. The number of aryl methyl sites for hydroxylation is 1. The van der Waals surface area contributed by atoms with E-state index in [1.165, 1.54) is 13.0 Å². The summed E-state index contributed by atoms with van der Waals surface area (Å²) in [5.41, 5.74) is 5.88. The molecule has 1 rings (SSSR count). The average molecular weight is 256 g/mol. The molecule has 0 spiro atoms. The van der Waals surface area contributed by atoms with Crippen LogP contribution in [0.1, 0.15) is 12.5 Å². The number of nitrogen functional groups attached to an aromatic ring is 1. The van der Waals surface area contributed by atoms with Crippen molar-refractivity contribution in [1.29, 1.82) is 0 Å². The largest absolute Gasteiger partial charge is 0.399 e. The second kappa shape index (κ2) is 5.17. The number of benzene rings is 1. The summed E-state index contributed by atoms with van der Waals surface area (Å²) in [6.07, 6.45) is 0. The van der Waals surface area contributed by atoms with Gasteiger partial charge in [-0.05, 0) is 31.5 Å². The molecule has 17 heavy (non-hydrogen) atoms. The molecule has 0 radical (unpaired) electrons. The minimum atomic E-state index is -3.92. The summed E-state index contributed by atoms with van der Waals surface area (Å²) in [5, 5.41) is 0. The summed E-state index contributed by atoms with van der Waals surface area (Å²) >= 11 is 0. The van der Waals surface area contributed by atoms with Gasteiger partial charge in [0.05, 0.1) is 6.54 Å². The number of halogens is 1. The fourth-order valence-electron chi connectivity index (χ4n) is 1.26. The van der Waals surface area contributed by atoms with Crippen molar-refractivity contribution in [2.45, 2.75) is 18.7 Å². The summed E-state index contributed by atoms with van der Waals surface area (Å²) in [5.74, 6) is 4.27. The van der Waals surface area contributed by atoms with Crippen molar-refractivity contribution in [1.82, 2.24) is 4.72 Å². The molecule has 3 N–H and O–H groups in total. The maximum atomic E-state index is 13.7. The van der Waals surface area contributed by atoms with Gasteiger partial charge in [-0.15, -0.1) is 5.92 Å². The summed E-state index contributed by atoms with van der Waals surface area (Å²) in [4.78, 5) is -0.451. The maximum absolute atomic E-state index is 13.7. The monoisotopic (exact) mass is 256 g/mol. The van der Waals surface area contributed by atoms with E-state index in [2.05, 4.69) is 16.6 Å². The molecule has 0 fully saturated rings. The van der Waals surface area contributed by atoms with Crippen LogP contribution in [0.3, 0.4) is 0 Å².